The van der Waals surface area contributed by atoms with Crippen LogP contribution in [0.25, 0.3) is 0 Å². The number of rotatable bonds is 6. The number of anilines is 1. The second kappa shape index (κ2) is 8.22. The molecule has 0 aliphatic rings. The summed E-state index contributed by atoms with van der Waals surface area (Å²) < 4.78 is 26.2. The molecule has 0 unspecified atom stereocenters. The molecule has 0 aliphatic heterocycles. The molecule has 0 radical (unpaired) electrons. The number of sulfonamides is 1. The summed E-state index contributed by atoms with van der Waals surface area (Å²) >= 11 is 3.32. The largest absolute Gasteiger partial charge is 0.348 e. The van der Waals surface area contributed by atoms with E-state index in [0.29, 0.717) is 5.69 Å². The highest BCUT2D eigenvalue weighted by atomic mass is 79.9. The van der Waals surface area contributed by atoms with Crippen LogP contribution in [-0.4, -0.2) is 27.1 Å². The molecule has 0 aromatic heterocycles. The number of carbonyl (C=O) groups excluding carboxylic acids is 1. The van der Waals surface area contributed by atoms with Crippen LogP contribution >= 0.6 is 15.9 Å². The fraction of sp³-hybridized carbons (Fsp3) is 0.316. The molecule has 1 amide bonds. The molecule has 2 rings (SSSR count). The van der Waals surface area contributed by atoms with Crippen molar-refractivity contribution in [3.05, 3.63) is 63.6 Å². The van der Waals surface area contributed by atoms with Gasteiger partial charge < -0.3 is 5.32 Å². The minimum atomic E-state index is -3.58. The third kappa shape index (κ3) is 5.32. The van der Waals surface area contributed by atoms with Gasteiger partial charge in [-0.25, -0.2) is 8.42 Å². The van der Waals surface area contributed by atoms with Crippen molar-refractivity contribution in [2.24, 2.45) is 0 Å². The van der Waals surface area contributed by atoms with Crippen LogP contribution in [0.15, 0.2) is 46.9 Å². The van der Waals surface area contributed by atoms with E-state index in [0.717, 1.165) is 31.7 Å². The average molecular weight is 439 g/mol. The summed E-state index contributed by atoms with van der Waals surface area (Å²) in [5, 5.41) is 2.89. The van der Waals surface area contributed by atoms with Crippen molar-refractivity contribution in [1.29, 1.82) is 0 Å². The zero-order chi connectivity index (χ0) is 19.5. The van der Waals surface area contributed by atoms with Crippen LogP contribution in [0.4, 0.5) is 5.69 Å². The first-order valence-electron chi connectivity index (χ1n) is 8.17. The van der Waals surface area contributed by atoms with Crippen molar-refractivity contribution < 1.29 is 13.2 Å². The third-order valence-corrected chi connectivity index (χ3v) is 5.75. The summed E-state index contributed by atoms with van der Waals surface area (Å²) in [5.74, 6) is -0.355. The van der Waals surface area contributed by atoms with Gasteiger partial charge in [0.15, 0.2) is 0 Å². The maximum absolute atomic E-state index is 12.5. The van der Waals surface area contributed by atoms with Crippen LogP contribution in [0, 0.1) is 13.8 Å². The normalized spacial score (nSPS) is 12.5. The minimum absolute atomic E-state index is 0.214. The number of nitrogens with one attached hydrogen (secondary N) is 1. The van der Waals surface area contributed by atoms with E-state index in [1.807, 2.05) is 39.0 Å². The molecule has 140 valence electrons. The number of aryl methyl sites for hydroxylation is 2. The molecular formula is C19H23BrN2O3S. The van der Waals surface area contributed by atoms with Gasteiger partial charge in [-0.3, -0.25) is 9.10 Å². The van der Waals surface area contributed by atoms with Gasteiger partial charge in [0.2, 0.25) is 15.9 Å². The Morgan fingerprint density at radius 1 is 1.15 bits per heavy atom. The van der Waals surface area contributed by atoms with Crippen LogP contribution < -0.4 is 9.62 Å². The summed E-state index contributed by atoms with van der Waals surface area (Å²) in [4.78, 5) is 12.5. The molecule has 2 aromatic rings. The fourth-order valence-electron chi connectivity index (χ4n) is 2.73. The van der Waals surface area contributed by atoms with Gasteiger partial charge in [-0.2, -0.15) is 0 Å². The molecular weight excluding hydrogens is 416 g/mol. The number of amides is 1. The Morgan fingerprint density at radius 3 is 2.35 bits per heavy atom. The van der Waals surface area contributed by atoms with E-state index in [4.69, 9.17) is 0 Å². The molecule has 2 aromatic carbocycles. The topological polar surface area (TPSA) is 66.5 Å². The molecule has 0 saturated carbocycles. The van der Waals surface area contributed by atoms with Crippen molar-refractivity contribution in [3.63, 3.8) is 0 Å². The van der Waals surface area contributed by atoms with Crippen molar-refractivity contribution in [1.82, 2.24) is 5.32 Å². The first-order chi connectivity index (χ1) is 12.1. The number of halogens is 1. The van der Waals surface area contributed by atoms with Gasteiger partial charge >= 0.3 is 0 Å². The average Bonchev–Trinajstić information content (AvgIpc) is 2.55. The monoisotopic (exact) mass is 438 g/mol. The molecule has 1 N–H and O–H groups in total. The molecule has 0 aliphatic carbocycles. The van der Waals surface area contributed by atoms with Crippen molar-refractivity contribution in [3.8, 4) is 0 Å². The standard InChI is InChI=1S/C19H23BrN2O3S/c1-13-5-6-14(2)18(11-13)15(3)21-19(23)12-22(26(4,24)25)17-9-7-16(20)8-10-17/h5-11,15H,12H2,1-4H3,(H,21,23)/t15-/m0/s1. The third-order valence-electron chi connectivity index (χ3n) is 4.08. The minimum Gasteiger partial charge on any atom is -0.348 e. The van der Waals surface area contributed by atoms with E-state index in [1.54, 1.807) is 24.3 Å². The fourth-order valence-corrected chi connectivity index (χ4v) is 3.85. The van der Waals surface area contributed by atoms with Gasteiger partial charge in [0, 0.05) is 4.47 Å². The van der Waals surface area contributed by atoms with Gasteiger partial charge in [0.1, 0.15) is 6.54 Å². The number of hydrogen-bond acceptors (Lipinski definition) is 3. The molecule has 0 heterocycles. The maximum Gasteiger partial charge on any atom is 0.241 e. The zero-order valence-electron chi connectivity index (χ0n) is 15.3. The number of nitrogens with zero attached hydrogens (tertiary/aromatic N) is 1. The van der Waals surface area contributed by atoms with E-state index in [-0.39, 0.29) is 18.5 Å². The molecule has 7 heteroatoms. The smallest absolute Gasteiger partial charge is 0.241 e. The molecule has 0 fully saturated rings. The number of benzene rings is 2. The van der Waals surface area contributed by atoms with Crippen LogP contribution in [0.2, 0.25) is 0 Å². The summed E-state index contributed by atoms with van der Waals surface area (Å²) in [6.45, 7) is 5.61. The van der Waals surface area contributed by atoms with Crippen LogP contribution in [0.1, 0.15) is 29.7 Å². The summed E-state index contributed by atoms with van der Waals surface area (Å²) in [6.07, 6.45) is 1.09. The Morgan fingerprint density at radius 2 is 1.77 bits per heavy atom. The van der Waals surface area contributed by atoms with E-state index >= 15 is 0 Å². The summed E-state index contributed by atoms with van der Waals surface area (Å²) in [7, 11) is -3.58. The molecule has 0 saturated heterocycles. The van der Waals surface area contributed by atoms with E-state index < -0.39 is 10.0 Å². The first-order valence-corrected chi connectivity index (χ1v) is 10.8. The highest BCUT2D eigenvalue weighted by Gasteiger charge is 2.22. The Kier molecular flexibility index (Phi) is 6.47. The summed E-state index contributed by atoms with van der Waals surface area (Å²) in [6, 6.07) is 12.6. The maximum atomic E-state index is 12.5. The van der Waals surface area contributed by atoms with Crippen LogP contribution in [-0.2, 0) is 14.8 Å². The number of hydrogen-bond donors (Lipinski definition) is 1. The van der Waals surface area contributed by atoms with Crippen LogP contribution in [0.5, 0.6) is 0 Å². The second-order valence-electron chi connectivity index (χ2n) is 6.40. The summed E-state index contributed by atoms with van der Waals surface area (Å²) in [5.41, 5.74) is 3.66. The van der Waals surface area contributed by atoms with Crippen molar-refractivity contribution in [2.75, 3.05) is 17.1 Å². The van der Waals surface area contributed by atoms with Gasteiger partial charge in [-0.15, -0.1) is 0 Å². The SMILES string of the molecule is Cc1ccc(C)c([C@H](C)NC(=O)CN(c2ccc(Br)cc2)S(C)(=O)=O)c1. The van der Waals surface area contributed by atoms with E-state index in [1.165, 1.54) is 0 Å². The Labute approximate surface area is 163 Å². The second-order valence-corrected chi connectivity index (χ2v) is 9.22. The van der Waals surface area contributed by atoms with Gasteiger partial charge in [0.05, 0.1) is 18.0 Å². The highest BCUT2D eigenvalue weighted by molar-refractivity contribution is 9.10. The number of carbonyl (C=O) groups is 1. The zero-order valence-corrected chi connectivity index (χ0v) is 17.7. The Balaban J connectivity index is 2.17. The van der Waals surface area contributed by atoms with Crippen LogP contribution in [0.3, 0.4) is 0 Å². The quantitative estimate of drug-likeness (QED) is 0.747. The lowest BCUT2D eigenvalue weighted by molar-refractivity contribution is -0.120. The molecule has 0 spiro atoms. The molecule has 1 atom stereocenters. The lowest BCUT2D eigenvalue weighted by atomic mass is 10.00. The predicted molar refractivity (Wildman–Crippen MR) is 109 cm³/mol. The Hall–Kier alpha value is -1.86. The highest BCUT2D eigenvalue weighted by Crippen LogP contribution is 2.22. The predicted octanol–water partition coefficient (Wildman–Crippen LogP) is 3.71. The lowest BCUT2D eigenvalue weighted by Crippen LogP contribution is -2.41. The first kappa shape index (κ1) is 20.5. The van der Waals surface area contributed by atoms with Crippen molar-refractivity contribution in [2.45, 2.75) is 26.8 Å². The van der Waals surface area contributed by atoms with E-state index in [9.17, 15) is 13.2 Å². The van der Waals surface area contributed by atoms with E-state index in [2.05, 4.69) is 21.2 Å². The van der Waals surface area contributed by atoms with Gasteiger partial charge in [-0.05, 0) is 56.2 Å². The van der Waals surface area contributed by atoms with Gasteiger partial charge in [-0.1, -0.05) is 39.7 Å². The Bertz CT molecular complexity index is 896. The molecule has 26 heavy (non-hydrogen) atoms. The van der Waals surface area contributed by atoms with Gasteiger partial charge in [0.25, 0.3) is 0 Å². The molecule has 5 nitrogen and oxygen atoms in total. The molecule has 0 bridgehead atoms. The van der Waals surface area contributed by atoms with Crippen molar-refractivity contribution >= 4 is 37.5 Å². The lowest BCUT2D eigenvalue weighted by Gasteiger charge is -2.24.